The van der Waals surface area contributed by atoms with Crippen molar-refractivity contribution < 1.29 is 14.6 Å². The van der Waals surface area contributed by atoms with Crippen molar-refractivity contribution >= 4 is 5.97 Å². The fraction of sp³-hybridized carbons (Fsp3) is 0.720. The molecule has 6 atom stereocenters. The second kappa shape index (κ2) is 6.58. The van der Waals surface area contributed by atoms with Crippen LogP contribution in [0.15, 0.2) is 35.5 Å². The van der Waals surface area contributed by atoms with Gasteiger partial charge in [0, 0.05) is 11.6 Å². The summed E-state index contributed by atoms with van der Waals surface area (Å²) in [6.07, 6.45) is 14.7. The van der Waals surface area contributed by atoms with Crippen molar-refractivity contribution in [3.05, 3.63) is 35.5 Å². The molecule has 0 unspecified atom stereocenters. The van der Waals surface area contributed by atoms with Gasteiger partial charge in [0.2, 0.25) is 6.29 Å². The van der Waals surface area contributed by atoms with Crippen LogP contribution in [-0.4, -0.2) is 17.4 Å². The molecule has 28 heavy (non-hydrogen) atoms. The zero-order chi connectivity index (χ0) is 20.3. The van der Waals surface area contributed by atoms with E-state index in [-0.39, 0.29) is 5.41 Å². The zero-order valence-corrected chi connectivity index (χ0v) is 18.1. The van der Waals surface area contributed by atoms with Crippen LogP contribution < -0.4 is 0 Å². The number of allylic oxidation sites excluding steroid dienone is 3. The van der Waals surface area contributed by atoms with Crippen molar-refractivity contribution in [2.75, 3.05) is 0 Å². The monoisotopic (exact) mass is 384 g/mol. The van der Waals surface area contributed by atoms with E-state index in [0.717, 1.165) is 6.42 Å². The molecular weight excluding hydrogens is 348 g/mol. The van der Waals surface area contributed by atoms with Crippen molar-refractivity contribution in [2.24, 2.45) is 34.0 Å². The first-order valence-corrected chi connectivity index (χ1v) is 11.1. The minimum absolute atomic E-state index is 0.0445. The lowest BCUT2D eigenvalue weighted by Crippen LogP contribution is -2.54. The predicted molar refractivity (Wildman–Crippen MR) is 111 cm³/mol. The van der Waals surface area contributed by atoms with Gasteiger partial charge in [-0.3, -0.25) is 0 Å². The highest BCUT2D eigenvalue weighted by atomic mass is 16.6. The number of hydrogen-bond acceptors (Lipinski definition) is 3. The number of aliphatic hydroxyl groups excluding tert-OH is 1. The number of hydrogen-bond donors (Lipinski definition) is 1. The van der Waals surface area contributed by atoms with Gasteiger partial charge >= 0.3 is 5.97 Å². The molecule has 0 radical (unpaired) electrons. The Kier molecular flexibility index (Phi) is 4.69. The Morgan fingerprint density at radius 2 is 1.93 bits per heavy atom. The first-order valence-electron chi connectivity index (χ1n) is 11.1. The van der Waals surface area contributed by atoms with Gasteiger partial charge in [-0.05, 0) is 66.1 Å². The van der Waals surface area contributed by atoms with Crippen LogP contribution in [0.2, 0.25) is 0 Å². The number of carbonyl (C=O) groups excluding carboxylic acids is 1. The highest BCUT2D eigenvalue weighted by Crippen LogP contribution is 2.66. The number of esters is 1. The maximum Gasteiger partial charge on any atom is 0.333 e. The standard InChI is InChI=1S/C25H36O3/c1-16-10-13-25(5)19-7-6-12-23(2,3)18(19)8-9-20(25)24(16,4)14-11-17-15-21(26)28-22(17)27/h8,11,14-16,19-20,22,27H,6-7,9-10,12-13H2,1-5H3/b14-11+/t16-,19+,20+,22-,24-,25-/m0/s1. The lowest BCUT2D eigenvalue weighted by atomic mass is 9.43. The van der Waals surface area contributed by atoms with Gasteiger partial charge < -0.3 is 9.84 Å². The maximum atomic E-state index is 11.5. The van der Waals surface area contributed by atoms with E-state index in [4.69, 9.17) is 4.74 Å². The summed E-state index contributed by atoms with van der Waals surface area (Å²) in [5.41, 5.74) is 3.00. The third-order valence-corrected chi connectivity index (χ3v) is 8.98. The van der Waals surface area contributed by atoms with Crippen LogP contribution in [0, 0.1) is 34.0 Å². The molecular formula is C25H36O3. The van der Waals surface area contributed by atoms with Gasteiger partial charge in [-0.1, -0.05) is 64.8 Å². The van der Waals surface area contributed by atoms with Crippen molar-refractivity contribution in [1.82, 2.24) is 0 Å². The molecule has 1 aliphatic heterocycles. The minimum Gasteiger partial charge on any atom is -0.428 e. The molecule has 0 aromatic rings. The first-order chi connectivity index (χ1) is 13.1. The van der Waals surface area contributed by atoms with E-state index in [0.29, 0.717) is 34.2 Å². The highest BCUT2D eigenvalue weighted by molar-refractivity contribution is 5.86. The van der Waals surface area contributed by atoms with Crippen molar-refractivity contribution in [3.8, 4) is 0 Å². The number of carbonyl (C=O) groups is 1. The summed E-state index contributed by atoms with van der Waals surface area (Å²) < 4.78 is 4.86. The Balaban J connectivity index is 1.70. The predicted octanol–water partition coefficient (Wildman–Crippen LogP) is 5.56. The van der Waals surface area contributed by atoms with Crippen LogP contribution in [0.3, 0.4) is 0 Å². The molecule has 3 aliphatic carbocycles. The molecule has 4 rings (SSSR count). The van der Waals surface area contributed by atoms with Crippen molar-refractivity contribution in [1.29, 1.82) is 0 Å². The molecule has 154 valence electrons. The Morgan fingerprint density at radius 1 is 1.18 bits per heavy atom. The second-order valence-corrected chi connectivity index (χ2v) is 10.9. The molecule has 1 N–H and O–H groups in total. The summed E-state index contributed by atoms with van der Waals surface area (Å²) in [7, 11) is 0. The molecule has 0 spiro atoms. The number of rotatable bonds is 2. The Bertz CT molecular complexity index is 758. The van der Waals surface area contributed by atoms with Crippen LogP contribution in [0.4, 0.5) is 0 Å². The average molecular weight is 385 g/mol. The van der Waals surface area contributed by atoms with Crippen LogP contribution in [0.5, 0.6) is 0 Å². The molecule has 0 aromatic heterocycles. The van der Waals surface area contributed by atoms with Gasteiger partial charge in [-0.25, -0.2) is 4.79 Å². The minimum atomic E-state index is -1.12. The van der Waals surface area contributed by atoms with Gasteiger partial charge in [0.25, 0.3) is 0 Å². The third kappa shape index (κ3) is 2.93. The number of cyclic esters (lactones) is 1. The van der Waals surface area contributed by atoms with E-state index in [1.54, 1.807) is 5.57 Å². The molecule has 4 aliphatic rings. The summed E-state index contributed by atoms with van der Waals surface area (Å²) in [4.78, 5) is 11.5. The fourth-order valence-corrected chi connectivity index (χ4v) is 6.98. The molecule has 0 bridgehead atoms. The van der Waals surface area contributed by atoms with E-state index in [1.807, 2.05) is 6.08 Å². The molecule has 0 amide bonds. The molecule has 0 saturated heterocycles. The zero-order valence-electron chi connectivity index (χ0n) is 18.1. The van der Waals surface area contributed by atoms with Crippen LogP contribution in [0.1, 0.15) is 73.1 Å². The fourth-order valence-electron chi connectivity index (χ4n) is 6.98. The first kappa shape index (κ1) is 19.9. The molecule has 2 fully saturated rings. The highest BCUT2D eigenvalue weighted by Gasteiger charge is 2.57. The number of aliphatic hydroxyl groups is 1. The van der Waals surface area contributed by atoms with Gasteiger partial charge in [-0.2, -0.15) is 0 Å². The van der Waals surface area contributed by atoms with E-state index in [1.165, 1.54) is 38.2 Å². The topological polar surface area (TPSA) is 46.5 Å². The number of fused-ring (bicyclic) bond motifs is 3. The Hall–Kier alpha value is -1.35. The summed E-state index contributed by atoms with van der Waals surface area (Å²) in [5.74, 6) is 1.40. The molecule has 1 heterocycles. The van der Waals surface area contributed by atoms with Crippen LogP contribution in [-0.2, 0) is 9.53 Å². The second-order valence-electron chi connectivity index (χ2n) is 10.9. The van der Waals surface area contributed by atoms with E-state index in [9.17, 15) is 9.90 Å². The third-order valence-electron chi connectivity index (χ3n) is 8.98. The largest absolute Gasteiger partial charge is 0.428 e. The molecule has 3 heteroatoms. The summed E-state index contributed by atoms with van der Waals surface area (Å²) in [6.45, 7) is 12.2. The Labute approximate surface area is 169 Å². The summed E-state index contributed by atoms with van der Waals surface area (Å²) in [6, 6.07) is 0. The van der Waals surface area contributed by atoms with E-state index >= 15 is 0 Å². The van der Waals surface area contributed by atoms with Gasteiger partial charge in [0.05, 0.1) is 0 Å². The molecule has 3 nitrogen and oxygen atoms in total. The lowest BCUT2D eigenvalue weighted by Gasteiger charge is -2.62. The van der Waals surface area contributed by atoms with Crippen LogP contribution in [0.25, 0.3) is 0 Å². The smallest absolute Gasteiger partial charge is 0.333 e. The van der Waals surface area contributed by atoms with E-state index in [2.05, 4.69) is 46.8 Å². The van der Waals surface area contributed by atoms with Gasteiger partial charge in [-0.15, -0.1) is 0 Å². The normalized spacial score (nSPS) is 45.1. The molecule has 0 aromatic carbocycles. The van der Waals surface area contributed by atoms with Crippen molar-refractivity contribution in [3.63, 3.8) is 0 Å². The van der Waals surface area contributed by atoms with Gasteiger partial charge in [0.15, 0.2) is 0 Å². The quantitative estimate of drug-likeness (QED) is 0.501. The lowest BCUT2D eigenvalue weighted by molar-refractivity contribution is -0.150. The van der Waals surface area contributed by atoms with E-state index < -0.39 is 12.3 Å². The molecule has 2 saturated carbocycles. The SMILES string of the molecule is C[C@H]1CC[C@@]2(C)[C@@H]3CCCC(C)(C)C3=CC[C@@H]2[C@@]1(C)/C=C/C1=CC(=O)O[C@@H]1O. The summed E-state index contributed by atoms with van der Waals surface area (Å²) in [5, 5.41) is 9.96. The maximum absolute atomic E-state index is 11.5. The summed E-state index contributed by atoms with van der Waals surface area (Å²) >= 11 is 0. The average Bonchev–Trinajstić information content (AvgIpc) is 2.95. The van der Waals surface area contributed by atoms with Crippen LogP contribution >= 0.6 is 0 Å². The Morgan fingerprint density at radius 3 is 2.61 bits per heavy atom. The number of ether oxygens (including phenoxy) is 1. The van der Waals surface area contributed by atoms with Crippen molar-refractivity contribution in [2.45, 2.75) is 79.4 Å². The van der Waals surface area contributed by atoms with Gasteiger partial charge in [0.1, 0.15) is 0 Å².